The van der Waals surface area contributed by atoms with Crippen LogP contribution in [0.3, 0.4) is 0 Å². The molecule has 0 saturated heterocycles. The van der Waals surface area contributed by atoms with E-state index >= 15 is 0 Å². The highest BCUT2D eigenvalue weighted by atomic mass is 16.5. The van der Waals surface area contributed by atoms with Crippen LogP contribution in [0.15, 0.2) is 46.0 Å². The fraction of sp³-hybridized carbons (Fsp3) is 0.536. The molecule has 0 aliphatic rings. The molecular formula is C28H40N2O4. The number of unbranched alkanes of at least 4 members (excludes halogenated alkanes) is 9. The predicted octanol–water partition coefficient (Wildman–Crippen LogP) is 5.45. The van der Waals surface area contributed by atoms with Crippen molar-refractivity contribution in [2.24, 2.45) is 0 Å². The first kappa shape index (κ1) is 27.4. The second-order valence-corrected chi connectivity index (χ2v) is 9.23. The normalized spacial score (nSPS) is 10.9. The molecule has 0 spiro atoms. The van der Waals surface area contributed by atoms with E-state index in [1.54, 1.807) is 6.92 Å². The fourth-order valence-electron chi connectivity index (χ4n) is 3.90. The second-order valence-electron chi connectivity index (χ2n) is 9.23. The van der Waals surface area contributed by atoms with Gasteiger partial charge in [-0.05, 0) is 37.5 Å². The lowest BCUT2D eigenvalue weighted by Crippen LogP contribution is -2.36. The van der Waals surface area contributed by atoms with Crippen molar-refractivity contribution in [1.82, 2.24) is 0 Å². The van der Waals surface area contributed by atoms with Gasteiger partial charge in [-0.3, -0.25) is 9.59 Å². The van der Waals surface area contributed by atoms with Crippen molar-refractivity contribution in [3.63, 3.8) is 0 Å². The lowest BCUT2D eigenvalue weighted by Gasteiger charge is -2.15. The van der Waals surface area contributed by atoms with E-state index in [4.69, 9.17) is 4.74 Å². The highest BCUT2D eigenvalue weighted by Gasteiger charge is 2.21. The van der Waals surface area contributed by atoms with Crippen LogP contribution in [0.4, 0.5) is 11.4 Å². The lowest BCUT2D eigenvalue weighted by molar-refractivity contribution is -0.139. The summed E-state index contributed by atoms with van der Waals surface area (Å²) in [7, 11) is 3.93. The Hall–Kier alpha value is -2.89. The van der Waals surface area contributed by atoms with Crippen LogP contribution >= 0.6 is 0 Å². The molecule has 0 fully saturated rings. The zero-order valence-electron chi connectivity index (χ0n) is 21.1. The van der Waals surface area contributed by atoms with Gasteiger partial charge in [0.15, 0.2) is 0 Å². The van der Waals surface area contributed by atoms with Crippen LogP contribution in [0.25, 0.3) is 11.1 Å². The zero-order valence-corrected chi connectivity index (χ0v) is 21.1. The molecule has 0 radical (unpaired) electrons. The molecular weight excluding hydrogens is 428 g/mol. The summed E-state index contributed by atoms with van der Waals surface area (Å²) in [5.74, 6) is -0.296. The fourth-order valence-corrected chi connectivity index (χ4v) is 3.90. The Bertz CT molecular complexity index is 985. The summed E-state index contributed by atoms with van der Waals surface area (Å²) in [5.41, 5.74) is 2.49. The minimum Gasteiger partial charge on any atom is -0.462 e. The van der Waals surface area contributed by atoms with Gasteiger partial charge in [0, 0.05) is 31.9 Å². The number of carbonyl (C=O) groups excluding carboxylic acids is 1. The SMILES string of the molecule is C=C(C)C(=O)OCCCCCCCCCCCCNc1c(-c2ccc(N(C)C)cc2)c(=O)c1=O. The topological polar surface area (TPSA) is 75.7 Å². The summed E-state index contributed by atoms with van der Waals surface area (Å²) < 4.78 is 5.09. The molecule has 34 heavy (non-hydrogen) atoms. The number of ether oxygens (including phenoxy) is 1. The van der Waals surface area contributed by atoms with Crippen LogP contribution in [-0.4, -0.2) is 33.2 Å². The van der Waals surface area contributed by atoms with Gasteiger partial charge in [-0.2, -0.15) is 0 Å². The average molecular weight is 469 g/mol. The van der Waals surface area contributed by atoms with Crippen molar-refractivity contribution in [2.75, 3.05) is 37.5 Å². The number of benzene rings is 1. The van der Waals surface area contributed by atoms with Crippen molar-refractivity contribution < 1.29 is 9.53 Å². The van der Waals surface area contributed by atoms with Gasteiger partial charge in [-0.1, -0.05) is 70.1 Å². The number of hydrogen-bond acceptors (Lipinski definition) is 6. The zero-order chi connectivity index (χ0) is 24.9. The van der Waals surface area contributed by atoms with E-state index in [9.17, 15) is 14.4 Å². The Balaban J connectivity index is 1.52. The number of nitrogens with zero attached hydrogens (tertiary/aromatic N) is 1. The Labute approximate surface area is 203 Å². The first-order chi connectivity index (χ1) is 16.3. The number of nitrogens with one attached hydrogen (secondary N) is 1. The highest BCUT2D eigenvalue weighted by Crippen LogP contribution is 2.25. The average Bonchev–Trinajstić information content (AvgIpc) is 2.82. The van der Waals surface area contributed by atoms with Gasteiger partial charge in [0.25, 0.3) is 0 Å². The number of esters is 1. The minimum absolute atomic E-state index is 0.296. The van der Waals surface area contributed by atoms with Crippen LogP contribution in [0, 0.1) is 0 Å². The smallest absolute Gasteiger partial charge is 0.333 e. The van der Waals surface area contributed by atoms with Crippen LogP contribution in [-0.2, 0) is 9.53 Å². The summed E-state index contributed by atoms with van der Waals surface area (Å²) in [6.07, 6.45) is 11.4. The molecule has 0 unspecified atom stereocenters. The molecule has 0 atom stereocenters. The number of hydrogen-bond donors (Lipinski definition) is 1. The van der Waals surface area contributed by atoms with Crippen molar-refractivity contribution in [3.05, 3.63) is 56.9 Å². The van der Waals surface area contributed by atoms with Crippen molar-refractivity contribution >= 4 is 17.3 Å². The van der Waals surface area contributed by atoms with Crippen LogP contribution in [0.1, 0.15) is 71.1 Å². The van der Waals surface area contributed by atoms with Gasteiger partial charge < -0.3 is 15.0 Å². The quantitative estimate of drug-likeness (QED) is 0.144. The molecule has 6 heteroatoms. The molecule has 0 saturated carbocycles. The van der Waals surface area contributed by atoms with Crippen molar-refractivity contribution in [2.45, 2.75) is 71.1 Å². The van der Waals surface area contributed by atoms with E-state index < -0.39 is 10.9 Å². The van der Waals surface area contributed by atoms with Crippen molar-refractivity contribution in [1.29, 1.82) is 0 Å². The summed E-state index contributed by atoms with van der Waals surface area (Å²) in [6.45, 7) is 6.43. The molecule has 2 rings (SSSR count). The molecule has 2 aromatic rings. The first-order valence-corrected chi connectivity index (χ1v) is 12.5. The Kier molecular flexibility index (Phi) is 11.6. The molecule has 0 aliphatic heterocycles. The molecule has 0 aromatic heterocycles. The Morgan fingerprint density at radius 3 is 1.91 bits per heavy atom. The molecule has 2 aromatic carbocycles. The van der Waals surface area contributed by atoms with Gasteiger partial charge in [-0.15, -0.1) is 0 Å². The molecule has 0 amide bonds. The summed E-state index contributed by atoms with van der Waals surface area (Å²) in [5, 5.41) is 3.20. The third kappa shape index (κ3) is 8.47. The van der Waals surface area contributed by atoms with E-state index in [0.29, 0.717) is 30.0 Å². The number of carbonyl (C=O) groups is 1. The van der Waals surface area contributed by atoms with Gasteiger partial charge >= 0.3 is 5.97 Å². The molecule has 6 nitrogen and oxygen atoms in total. The number of anilines is 2. The predicted molar refractivity (Wildman–Crippen MR) is 142 cm³/mol. The highest BCUT2D eigenvalue weighted by molar-refractivity contribution is 5.86. The number of rotatable bonds is 17. The molecule has 0 heterocycles. The van der Waals surface area contributed by atoms with Gasteiger partial charge in [0.05, 0.1) is 17.9 Å². The minimum atomic E-state index is -0.402. The Morgan fingerprint density at radius 1 is 0.853 bits per heavy atom. The Morgan fingerprint density at radius 2 is 1.38 bits per heavy atom. The van der Waals surface area contributed by atoms with Gasteiger partial charge in [-0.25, -0.2) is 4.79 Å². The first-order valence-electron chi connectivity index (χ1n) is 12.5. The standard InChI is InChI=1S/C28H40N2O4/c1-21(2)28(33)34-20-14-12-10-8-6-5-7-9-11-13-19-29-25-24(26(31)27(25)32)22-15-17-23(18-16-22)30(3)4/h15-18,29H,1,5-14,19-20H2,2-4H3. The van der Waals surface area contributed by atoms with E-state index in [1.807, 2.05) is 43.3 Å². The van der Waals surface area contributed by atoms with E-state index in [1.165, 1.54) is 38.5 Å². The van der Waals surface area contributed by atoms with Crippen LogP contribution in [0.5, 0.6) is 0 Å². The second kappa shape index (κ2) is 14.4. The lowest BCUT2D eigenvalue weighted by atomic mass is 9.98. The van der Waals surface area contributed by atoms with Gasteiger partial charge in [0.2, 0.25) is 10.9 Å². The third-order valence-electron chi connectivity index (χ3n) is 6.04. The summed E-state index contributed by atoms with van der Waals surface area (Å²) in [6, 6.07) is 7.71. The molecule has 1 N–H and O–H groups in total. The van der Waals surface area contributed by atoms with E-state index in [2.05, 4.69) is 11.9 Å². The van der Waals surface area contributed by atoms with Gasteiger partial charge in [0.1, 0.15) is 0 Å². The maximum atomic E-state index is 12.1. The molecule has 0 aliphatic carbocycles. The third-order valence-corrected chi connectivity index (χ3v) is 6.04. The molecule has 0 bridgehead atoms. The molecule has 186 valence electrons. The van der Waals surface area contributed by atoms with Crippen LogP contribution < -0.4 is 21.1 Å². The van der Waals surface area contributed by atoms with E-state index in [0.717, 1.165) is 36.9 Å². The summed E-state index contributed by atoms with van der Waals surface area (Å²) >= 11 is 0. The summed E-state index contributed by atoms with van der Waals surface area (Å²) in [4.78, 5) is 37.4. The van der Waals surface area contributed by atoms with E-state index in [-0.39, 0.29) is 5.97 Å². The largest absolute Gasteiger partial charge is 0.462 e. The van der Waals surface area contributed by atoms with Crippen LogP contribution in [0.2, 0.25) is 0 Å². The van der Waals surface area contributed by atoms with Crippen molar-refractivity contribution in [3.8, 4) is 11.1 Å². The maximum Gasteiger partial charge on any atom is 0.333 e. The monoisotopic (exact) mass is 468 g/mol. The maximum absolute atomic E-state index is 12.1.